The standard InChI is InChI=1S/C12H20N2O3/c1-3-8-14-11(15)6-5-7-12(16)17-10(4-2)9-13/h10H,3-8H2,1-2H3,(H,14,15). The zero-order chi connectivity index (χ0) is 13.1. The van der Waals surface area contributed by atoms with Crippen LogP contribution in [0.15, 0.2) is 0 Å². The molecule has 96 valence electrons. The SMILES string of the molecule is CCCNC(=O)CCCC(=O)OC(C#N)CC. The predicted octanol–water partition coefficient (Wildman–Crippen LogP) is 1.53. The largest absolute Gasteiger partial charge is 0.447 e. The first-order chi connectivity index (χ1) is 8.13. The smallest absolute Gasteiger partial charge is 0.307 e. The van der Waals surface area contributed by atoms with Gasteiger partial charge in [-0.3, -0.25) is 9.59 Å². The molecule has 0 aromatic heterocycles. The minimum Gasteiger partial charge on any atom is -0.447 e. The Labute approximate surface area is 102 Å². The van der Waals surface area contributed by atoms with Gasteiger partial charge in [-0.25, -0.2) is 0 Å². The van der Waals surface area contributed by atoms with Gasteiger partial charge in [0.15, 0.2) is 6.10 Å². The fourth-order valence-electron chi connectivity index (χ4n) is 1.16. The summed E-state index contributed by atoms with van der Waals surface area (Å²) in [6.07, 6.45) is 1.66. The van der Waals surface area contributed by atoms with Crippen LogP contribution in [-0.2, 0) is 14.3 Å². The van der Waals surface area contributed by atoms with E-state index in [-0.39, 0.29) is 12.3 Å². The van der Waals surface area contributed by atoms with Crippen molar-refractivity contribution in [1.82, 2.24) is 5.32 Å². The third-order valence-electron chi connectivity index (χ3n) is 2.15. The van der Waals surface area contributed by atoms with Crippen LogP contribution in [0.2, 0.25) is 0 Å². The van der Waals surface area contributed by atoms with E-state index in [1.54, 1.807) is 6.92 Å². The van der Waals surface area contributed by atoms with Gasteiger partial charge >= 0.3 is 5.97 Å². The van der Waals surface area contributed by atoms with Crippen LogP contribution in [0.3, 0.4) is 0 Å². The Bertz CT molecular complexity index is 284. The van der Waals surface area contributed by atoms with Gasteiger partial charge in [-0.05, 0) is 19.3 Å². The molecule has 17 heavy (non-hydrogen) atoms. The zero-order valence-electron chi connectivity index (χ0n) is 10.5. The highest BCUT2D eigenvalue weighted by Gasteiger charge is 2.11. The number of esters is 1. The summed E-state index contributed by atoms with van der Waals surface area (Å²) in [5.74, 6) is -0.464. The lowest BCUT2D eigenvalue weighted by Crippen LogP contribution is -2.24. The maximum Gasteiger partial charge on any atom is 0.307 e. The summed E-state index contributed by atoms with van der Waals surface area (Å²) in [5, 5.41) is 11.3. The van der Waals surface area contributed by atoms with Crippen molar-refractivity contribution in [3.8, 4) is 6.07 Å². The number of nitriles is 1. The topological polar surface area (TPSA) is 79.2 Å². The molecule has 0 fully saturated rings. The first kappa shape index (κ1) is 15.4. The second kappa shape index (κ2) is 9.64. The number of hydrogen-bond donors (Lipinski definition) is 1. The van der Waals surface area contributed by atoms with Crippen LogP contribution in [0.5, 0.6) is 0 Å². The minimum atomic E-state index is -0.670. The van der Waals surface area contributed by atoms with Crippen molar-refractivity contribution in [3.05, 3.63) is 0 Å². The molecule has 1 atom stereocenters. The van der Waals surface area contributed by atoms with Gasteiger partial charge in [0.2, 0.25) is 5.91 Å². The van der Waals surface area contributed by atoms with E-state index >= 15 is 0 Å². The number of hydrogen-bond acceptors (Lipinski definition) is 4. The predicted molar refractivity (Wildman–Crippen MR) is 62.9 cm³/mol. The monoisotopic (exact) mass is 240 g/mol. The highest BCUT2D eigenvalue weighted by atomic mass is 16.5. The molecule has 0 rings (SSSR count). The Morgan fingerprint density at radius 2 is 2.06 bits per heavy atom. The lowest BCUT2D eigenvalue weighted by atomic mass is 10.2. The molecular formula is C12H20N2O3. The number of nitrogens with zero attached hydrogens (tertiary/aromatic N) is 1. The van der Waals surface area contributed by atoms with Crippen molar-refractivity contribution < 1.29 is 14.3 Å². The molecule has 0 heterocycles. The molecule has 0 bridgehead atoms. The number of rotatable bonds is 8. The van der Waals surface area contributed by atoms with Crippen molar-refractivity contribution in [2.24, 2.45) is 0 Å². The Kier molecular flexibility index (Phi) is 8.75. The van der Waals surface area contributed by atoms with Gasteiger partial charge in [-0.15, -0.1) is 0 Å². The van der Waals surface area contributed by atoms with Gasteiger partial charge < -0.3 is 10.1 Å². The summed E-state index contributed by atoms with van der Waals surface area (Å²) in [4.78, 5) is 22.5. The molecule has 0 aliphatic heterocycles. The molecule has 0 saturated carbocycles. The average molecular weight is 240 g/mol. The van der Waals surface area contributed by atoms with Crippen molar-refractivity contribution in [3.63, 3.8) is 0 Å². The Balaban J connectivity index is 3.64. The second-order valence-electron chi connectivity index (χ2n) is 3.72. The maximum absolute atomic E-state index is 11.3. The molecule has 5 heteroatoms. The normalized spacial score (nSPS) is 11.4. The van der Waals surface area contributed by atoms with Crippen molar-refractivity contribution >= 4 is 11.9 Å². The highest BCUT2D eigenvalue weighted by molar-refractivity contribution is 5.77. The van der Waals surface area contributed by atoms with Crippen LogP contribution in [0.25, 0.3) is 0 Å². The summed E-state index contributed by atoms with van der Waals surface area (Å²) < 4.78 is 4.88. The van der Waals surface area contributed by atoms with E-state index in [1.165, 1.54) is 0 Å². The van der Waals surface area contributed by atoms with E-state index in [2.05, 4.69) is 5.32 Å². The molecule has 1 amide bonds. The second-order valence-corrected chi connectivity index (χ2v) is 3.72. The molecule has 5 nitrogen and oxygen atoms in total. The fourth-order valence-corrected chi connectivity index (χ4v) is 1.16. The van der Waals surface area contributed by atoms with E-state index in [0.29, 0.717) is 25.8 Å². The highest BCUT2D eigenvalue weighted by Crippen LogP contribution is 2.02. The van der Waals surface area contributed by atoms with E-state index in [4.69, 9.17) is 10.00 Å². The van der Waals surface area contributed by atoms with Crippen molar-refractivity contribution in [2.75, 3.05) is 6.54 Å². The van der Waals surface area contributed by atoms with Crippen LogP contribution in [0.1, 0.15) is 46.0 Å². The van der Waals surface area contributed by atoms with Crippen LogP contribution in [0, 0.1) is 11.3 Å². The summed E-state index contributed by atoms with van der Waals surface area (Å²) in [6, 6.07) is 1.89. The van der Waals surface area contributed by atoms with Crippen LogP contribution < -0.4 is 5.32 Å². The zero-order valence-corrected chi connectivity index (χ0v) is 10.5. The summed E-state index contributed by atoms with van der Waals surface area (Å²) >= 11 is 0. The molecule has 1 unspecified atom stereocenters. The van der Waals surface area contributed by atoms with Gasteiger partial charge in [0, 0.05) is 19.4 Å². The Morgan fingerprint density at radius 3 is 2.59 bits per heavy atom. The third kappa shape index (κ3) is 8.26. The molecule has 0 aromatic rings. The van der Waals surface area contributed by atoms with Crippen molar-refractivity contribution in [2.45, 2.75) is 52.1 Å². The number of carbonyl (C=O) groups is 2. The Hall–Kier alpha value is -1.57. The lowest BCUT2D eigenvalue weighted by molar-refractivity contribution is -0.146. The molecule has 1 N–H and O–H groups in total. The third-order valence-corrected chi connectivity index (χ3v) is 2.15. The number of amides is 1. The van der Waals surface area contributed by atoms with Crippen LogP contribution >= 0.6 is 0 Å². The number of carbonyl (C=O) groups excluding carboxylic acids is 2. The summed E-state index contributed by atoms with van der Waals surface area (Å²) in [6.45, 7) is 4.42. The number of nitrogens with one attached hydrogen (secondary N) is 1. The first-order valence-corrected chi connectivity index (χ1v) is 5.99. The van der Waals surface area contributed by atoms with Crippen LogP contribution in [0.4, 0.5) is 0 Å². The van der Waals surface area contributed by atoms with Gasteiger partial charge in [-0.2, -0.15) is 5.26 Å². The lowest BCUT2D eigenvalue weighted by Gasteiger charge is -2.08. The quantitative estimate of drug-likeness (QED) is 0.652. The van der Waals surface area contributed by atoms with Crippen LogP contribution in [-0.4, -0.2) is 24.5 Å². The molecule has 0 saturated heterocycles. The molecule has 0 radical (unpaired) electrons. The Morgan fingerprint density at radius 1 is 1.35 bits per heavy atom. The van der Waals surface area contributed by atoms with E-state index in [0.717, 1.165) is 6.42 Å². The summed E-state index contributed by atoms with van der Waals surface area (Å²) in [7, 11) is 0. The summed E-state index contributed by atoms with van der Waals surface area (Å²) in [5.41, 5.74) is 0. The van der Waals surface area contributed by atoms with Crippen molar-refractivity contribution in [1.29, 1.82) is 5.26 Å². The molecule has 0 aromatic carbocycles. The maximum atomic E-state index is 11.3. The molecule has 0 spiro atoms. The molecular weight excluding hydrogens is 220 g/mol. The first-order valence-electron chi connectivity index (χ1n) is 5.99. The van der Waals surface area contributed by atoms with E-state index < -0.39 is 12.1 Å². The fraction of sp³-hybridized carbons (Fsp3) is 0.750. The molecule has 0 aliphatic rings. The van der Waals surface area contributed by atoms with Gasteiger partial charge in [-0.1, -0.05) is 13.8 Å². The average Bonchev–Trinajstić information content (AvgIpc) is 2.33. The van der Waals surface area contributed by atoms with Gasteiger partial charge in [0.25, 0.3) is 0 Å². The molecule has 0 aliphatic carbocycles. The minimum absolute atomic E-state index is 0.0491. The number of ether oxygens (including phenoxy) is 1. The van der Waals surface area contributed by atoms with Gasteiger partial charge in [0.05, 0.1) is 0 Å². The van der Waals surface area contributed by atoms with E-state index in [1.807, 2.05) is 13.0 Å². The van der Waals surface area contributed by atoms with Gasteiger partial charge in [0.1, 0.15) is 6.07 Å². The van der Waals surface area contributed by atoms with E-state index in [9.17, 15) is 9.59 Å².